The molecule has 0 aromatic carbocycles. The summed E-state index contributed by atoms with van der Waals surface area (Å²) in [7, 11) is 0. The Morgan fingerprint density at radius 2 is 1.39 bits per heavy atom. The minimum absolute atomic E-state index is 0.162. The highest BCUT2D eigenvalue weighted by Crippen LogP contribution is 2.40. The van der Waals surface area contributed by atoms with Crippen LogP contribution in [0.25, 0.3) is 0 Å². The fourth-order valence-corrected chi connectivity index (χ4v) is 3.47. The third-order valence-electron chi connectivity index (χ3n) is 7.32. The minimum atomic E-state index is -1.44. The summed E-state index contributed by atoms with van der Waals surface area (Å²) in [6.07, 6.45) is 3.25. The quantitative estimate of drug-likeness (QED) is 0.164. The number of carbonyl (C=O) groups excluding carboxylic acids is 2. The molecule has 0 aromatic heterocycles. The van der Waals surface area contributed by atoms with Crippen molar-refractivity contribution in [2.75, 3.05) is 13.2 Å². The number of carbonyl (C=O) groups is 2. The van der Waals surface area contributed by atoms with E-state index in [0.717, 1.165) is 6.08 Å². The van der Waals surface area contributed by atoms with E-state index < -0.39 is 39.5 Å². The van der Waals surface area contributed by atoms with E-state index in [4.69, 9.17) is 30.4 Å². The fourth-order valence-electron chi connectivity index (χ4n) is 3.47. The Morgan fingerprint density at radius 3 is 1.86 bits per heavy atom. The lowest BCUT2D eigenvalue weighted by atomic mass is 9.75. The predicted molar refractivity (Wildman–Crippen MR) is 144 cm³/mol. The molecule has 0 saturated heterocycles. The average Bonchev–Trinajstić information content (AvgIpc) is 2.69. The summed E-state index contributed by atoms with van der Waals surface area (Å²) in [5.41, 5.74) is 7.99. The Labute approximate surface area is 219 Å². The van der Waals surface area contributed by atoms with Crippen LogP contribution < -0.4 is 11.5 Å². The molecule has 0 aliphatic rings. The molecule has 4 N–H and O–H groups in total. The molecule has 0 fully saturated rings. The van der Waals surface area contributed by atoms with E-state index in [1.54, 1.807) is 0 Å². The number of ketones is 1. The summed E-state index contributed by atoms with van der Waals surface area (Å²) >= 11 is 0. The average molecular weight is 513 g/mol. The van der Waals surface area contributed by atoms with E-state index in [1.165, 1.54) is 13.0 Å². The van der Waals surface area contributed by atoms with Gasteiger partial charge in [0.1, 0.15) is 11.3 Å². The van der Waals surface area contributed by atoms with Crippen LogP contribution in [0.2, 0.25) is 0 Å². The van der Waals surface area contributed by atoms with Crippen LogP contribution in [-0.2, 0) is 28.5 Å². The molecule has 0 amide bonds. The Bertz CT molecular complexity index is 781. The van der Waals surface area contributed by atoms with Crippen molar-refractivity contribution >= 4 is 11.8 Å². The van der Waals surface area contributed by atoms with Crippen molar-refractivity contribution in [1.29, 1.82) is 0 Å². The van der Waals surface area contributed by atoms with Crippen LogP contribution in [0.4, 0.5) is 0 Å². The van der Waals surface area contributed by atoms with E-state index in [2.05, 4.69) is 13.2 Å². The monoisotopic (exact) mass is 512 g/mol. The first-order chi connectivity index (χ1) is 16.0. The van der Waals surface area contributed by atoms with Crippen LogP contribution in [0.5, 0.6) is 0 Å². The summed E-state index contributed by atoms with van der Waals surface area (Å²) < 4.78 is 23.7. The molecule has 3 unspecified atom stereocenters. The number of rotatable bonds is 17. The molecule has 8 heteroatoms. The minimum Gasteiger partial charge on any atom is -0.456 e. The van der Waals surface area contributed by atoms with Gasteiger partial charge in [0.2, 0.25) is 5.78 Å². The summed E-state index contributed by atoms with van der Waals surface area (Å²) in [4.78, 5) is 23.5. The van der Waals surface area contributed by atoms with E-state index >= 15 is 0 Å². The maximum atomic E-state index is 12.0. The van der Waals surface area contributed by atoms with Crippen LogP contribution in [0.3, 0.4) is 0 Å². The van der Waals surface area contributed by atoms with E-state index in [1.807, 2.05) is 69.2 Å². The molecule has 0 aliphatic heterocycles. The second-order valence-electron chi connectivity index (χ2n) is 12.5. The normalized spacial score (nSPS) is 17.5. The van der Waals surface area contributed by atoms with Gasteiger partial charge >= 0.3 is 5.97 Å². The molecule has 0 rings (SSSR count). The number of hydrogen-bond acceptors (Lipinski definition) is 8. The van der Waals surface area contributed by atoms with Gasteiger partial charge < -0.3 is 24.7 Å². The zero-order valence-corrected chi connectivity index (χ0v) is 24.6. The lowest BCUT2D eigenvalue weighted by Gasteiger charge is -2.47. The number of hydrogen-bond donors (Lipinski definition) is 2. The molecular formula is C28H52N2O6. The first-order valence-electron chi connectivity index (χ1n) is 12.5. The van der Waals surface area contributed by atoms with Gasteiger partial charge in [-0.1, -0.05) is 40.9 Å². The molecule has 36 heavy (non-hydrogen) atoms. The summed E-state index contributed by atoms with van der Waals surface area (Å²) in [6.45, 7) is 28.6. The Morgan fingerprint density at radius 1 is 0.861 bits per heavy atom. The molecule has 0 radical (unpaired) electrons. The first-order valence-corrected chi connectivity index (χ1v) is 12.5. The molecule has 3 atom stereocenters. The maximum Gasteiger partial charge on any atom is 0.330 e. The molecule has 0 bridgehead atoms. The van der Waals surface area contributed by atoms with E-state index in [9.17, 15) is 9.59 Å². The standard InChI is InChI=1S/C28H52N2O6/c1-14-21(31)27(12,29)34-19-24(6,7)26(10,11)35-20(3)18-23(4,5)28(13,30)33-17-16-25(8,9)36-22(32)15-2/h14-15,20H,1-2,16-19,29-30H2,3-13H3. The molecular weight excluding hydrogens is 460 g/mol. The first kappa shape index (κ1) is 34.4. The van der Waals surface area contributed by atoms with Crippen molar-refractivity contribution in [3.05, 3.63) is 25.3 Å². The van der Waals surface area contributed by atoms with Crippen LogP contribution in [0.1, 0.15) is 89.0 Å². The van der Waals surface area contributed by atoms with Gasteiger partial charge in [0.25, 0.3) is 0 Å². The summed E-state index contributed by atoms with van der Waals surface area (Å²) in [5, 5.41) is 0. The predicted octanol–water partition coefficient (Wildman–Crippen LogP) is 4.65. The third kappa shape index (κ3) is 10.1. The summed E-state index contributed by atoms with van der Waals surface area (Å²) in [5.74, 6) is -0.849. The smallest absolute Gasteiger partial charge is 0.330 e. The van der Waals surface area contributed by atoms with Crippen molar-refractivity contribution in [1.82, 2.24) is 0 Å². The Kier molecular flexibility index (Phi) is 11.8. The van der Waals surface area contributed by atoms with Gasteiger partial charge in [0.05, 0.1) is 24.9 Å². The number of ether oxygens (including phenoxy) is 4. The van der Waals surface area contributed by atoms with Gasteiger partial charge in [0, 0.05) is 23.3 Å². The van der Waals surface area contributed by atoms with Crippen molar-refractivity contribution in [2.24, 2.45) is 22.3 Å². The maximum absolute atomic E-state index is 12.0. The Hall–Kier alpha value is -1.58. The molecule has 0 spiro atoms. The van der Waals surface area contributed by atoms with E-state index in [0.29, 0.717) is 19.4 Å². The highest BCUT2D eigenvalue weighted by Gasteiger charge is 2.45. The van der Waals surface area contributed by atoms with Crippen molar-refractivity contribution in [3.63, 3.8) is 0 Å². The third-order valence-corrected chi connectivity index (χ3v) is 7.32. The molecule has 0 aliphatic carbocycles. The van der Waals surface area contributed by atoms with Gasteiger partial charge in [-0.25, -0.2) is 4.79 Å². The summed E-state index contributed by atoms with van der Waals surface area (Å²) in [6, 6.07) is 0. The molecule has 0 aromatic rings. The second-order valence-corrected chi connectivity index (χ2v) is 12.5. The van der Waals surface area contributed by atoms with Crippen molar-refractivity contribution in [3.8, 4) is 0 Å². The van der Waals surface area contributed by atoms with Gasteiger partial charge in [-0.3, -0.25) is 10.5 Å². The molecule has 8 nitrogen and oxygen atoms in total. The Balaban J connectivity index is 5.15. The molecule has 0 heterocycles. The lowest BCUT2D eigenvalue weighted by Crippen LogP contribution is -2.55. The zero-order valence-electron chi connectivity index (χ0n) is 24.6. The van der Waals surface area contributed by atoms with Crippen LogP contribution in [0, 0.1) is 10.8 Å². The topological polar surface area (TPSA) is 123 Å². The fraction of sp³-hybridized carbons (Fsp3) is 0.786. The number of esters is 1. The highest BCUT2D eigenvalue weighted by atomic mass is 16.6. The lowest BCUT2D eigenvalue weighted by molar-refractivity contribution is -0.188. The van der Waals surface area contributed by atoms with E-state index in [-0.39, 0.29) is 18.5 Å². The second kappa shape index (κ2) is 12.3. The largest absolute Gasteiger partial charge is 0.456 e. The van der Waals surface area contributed by atoms with Gasteiger partial charge in [0.15, 0.2) is 5.72 Å². The number of nitrogens with two attached hydrogens (primary N) is 2. The van der Waals surface area contributed by atoms with Crippen molar-refractivity contribution in [2.45, 2.75) is 118 Å². The molecule has 210 valence electrons. The van der Waals surface area contributed by atoms with Crippen LogP contribution >= 0.6 is 0 Å². The van der Waals surface area contributed by atoms with Gasteiger partial charge in [-0.05, 0) is 61.0 Å². The van der Waals surface area contributed by atoms with Crippen LogP contribution in [0.15, 0.2) is 25.3 Å². The van der Waals surface area contributed by atoms with Gasteiger partial charge in [-0.15, -0.1) is 0 Å². The highest BCUT2D eigenvalue weighted by molar-refractivity contribution is 5.95. The SMILES string of the molecule is C=CC(=O)OC(C)(C)CCOC(C)(N)C(C)(C)CC(C)OC(C)(C)C(C)(C)COC(C)(N)C(=O)C=C. The molecule has 0 saturated carbocycles. The van der Waals surface area contributed by atoms with Crippen LogP contribution in [-0.4, -0.2) is 53.7 Å². The zero-order chi connectivity index (χ0) is 28.8. The van der Waals surface area contributed by atoms with Gasteiger partial charge in [-0.2, -0.15) is 0 Å². The van der Waals surface area contributed by atoms with Crippen molar-refractivity contribution < 1.29 is 28.5 Å².